The summed E-state index contributed by atoms with van der Waals surface area (Å²) >= 11 is 5.01. The van der Waals surface area contributed by atoms with E-state index in [0.717, 1.165) is 0 Å². The molecule has 0 aliphatic carbocycles. The van der Waals surface area contributed by atoms with Crippen molar-refractivity contribution >= 4 is 29.4 Å². The van der Waals surface area contributed by atoms with E-state index in [9.17, 15) is 4.79 Å². The van der Waals surface area contributed by atoms with Gasteiger partial charge in [-0.3, -0.25) is 0 Å². The van der Waals surface area contributed by atoms with Gasteiger partial charge in [-0.25, -0.2) is 9.89 Å². The van der Waals surface area contributed by atoms with E-state index in [0.29, 0.717) is 24.2 Å². The number of thiocarbonyl (C=S) groups is 1. The van der Waals surface area contributed by atoms with Crippen LogP contribution in [0.5, 0.6) is 0 Å². The lowest BCUT2D eigenvalue weighted by Crippen LogP contribution is -2.39. The summed E-state index contributed by atoms with van der Waals surface area (Å²) in [6.07, 6.45) is 0.915. The number of aromatic nitrogens is 3. The minimum absolute atomic E-state index is 0.391. The summed E-state index contributed by atoms with van der Waals surface area (Å²) in [6, 6.07) is 0. The van der Waals surface area contributed by atoms with Gasteiger partial charge in [0, 0.05) is 13.1 Å². The van der Waals surface area contributed by atoms with Crippen molar-refractivity contribution in [2.75, 3.05) is 18.4 Å². The first-order valence-electron chi connectivity index (χ1n) is 5.74. The number of nitrogens with zero attached hydrogens (tertiary/aromatic N) is 2. The summed E-state index contributed by atoms with van der Waals surface area (Å²) in [5.74, 6) is 0.456. The fourth-order valence-electron chi connectivity index (χ4n) is 1.07. The van der Waals surface area contributed by atoms with E-state index in [4.69, 9.17) is 17.0 Å². The largest absolute Gasteiger partial charge is 0.444 e. The number of carbonyl (C=O) groups excluding carboxylic acids is 1. The second-order valence-corrected chi connectivity index (χ2v) is 5.05. The Morgan fingerprint density at radius 3 is 2.68 bits per heavy atom. The monoisotopic (exact) mass is 286 g/mol. The van der Waals surface area contributed by atoms with Crippen LogP contribution in [0.3, 0.4) is 0 Å². The third kappa shape index (κ3) is 7.19. The topological polar surface area (TPSA) is 104 Å². The van der Waals surface area contributed by atoms with E-state index in [1.165, 1.54) is 6.33 Å². The van der Waals surface area contributed by atoms with Gasteiger partial charge in [-0.1, -0.05) is 0 Å². The number of nitrogens with one attached hydrogen (secondary N) is 4. The lowest BCUT2D eigenvalue weighted by Gasteiger charge is -2.19. The molecule has 8 nitrogen and oxygen atoms in total. The van der Waals surface area contributed by atoms with Crippen LogP contribution >= 0.6 is 12.2 Å². The van der Waals surface area contributed by atoms with E-state index in [1.54, 1.807) is 20.8 Å². The van der Waals surface area contributed by atoms with Gasteiger partial charge in [0.2, 0.25) is 5.95 Å². The number of alkyl carbamates (subject to hydrolysis) is 1. The highest BCUT2D eigenvalue weighted by Crippen LogP contribution is 2.05. The minimum atomic E-state index is -0.499. The van der Waals surface area contributed by atoms with Crippen molar-refractivity contribution in [3.63, 3.8) is 0 Å². The quantitative estimate of drug-likeness (QED) is 0.475. The molecule has 0 unspecified atom stereocenters. The number of anilines is 1. The van der Waals surface area contributed by atoms with Crippen LogP contribution in [0.4, 0.5) is 10.7 Å². The number of hydrogen-bond acceptors (Lipinski definition) is 5. The van der Waals surface area contributed by atoms with Gasteiger partial charge in [-0.05, 0) is 33.0 Å². The van der Waals surface area contributed by atoms with Crippen molar-refractivity contribution in [1.29, 1.82) is 0 Å². The Morgan fingerprint density at radius 1 is 1.42 bits per heavy atom. The third-order valence-electron chi connectivity index (χ3n) is 1.73. The van der Waals surface area contributed by atoms with Gasteiger partial charge >= 0.3 is 6.09 Å². The number of aromatic amines is 1. The van der Waals surface area contributed by atoms with E-state index in [-0.39, 0.29) is 0 Å². The number of amides is 1. The second kappa shape index (κ2) is 6.88. The summed E-state index contributed by atoms with van der Waals surface area (Å²) in [5.41, 5.74) is -0.499. The number of carbonyl (C=O) groups is 1. The highest BCUT2D eigenvalue weighted by molar-refractivity contribution is 7.80. The van der Waals surface area contributed by atoms with Crippen molar-refractivity contribution in [3.8, 4) is 0 Å². The Kier molecular flexibility index (Phi) is 5.49. The molecule has 0 spiro atoms. The number of ether oxygens (including phenoxy) is 1. The van der Waals surface area contributed by atoms with Gasteiger partial charge in [-0.2, -0.15) is 10.1 Å². The summed E-state index contributed by atoms with van der Waals surface area (Å²) in [6.45, 7) is 6.29. The maximum absolute atomic E-state index is 11.3. The molecule has 0 aliphatic rings. The van der Waals surface area contributed by atoms with E-state index < -0.39 is 11.7 Å². The molecule has 0 fully saturated rings. The Hall–Kier alpha value is -1.90. The molecule has 0 bridgehead atoms. The van der Waals surface area contributed by atoms with E-state index >= 15 is 0 Å². The van der Waals surface area contributed by atoms with Crippen LogP contribution in [0.25, 0.3) is 0 Å². The Labute approximate surface area is 116 Å². The van der Waals surface area contributed by atoms with Crippen molar-refractivity contribution < 1.29 is 9.53 Å². The summed E-state index contributed by atoms with van der Waals surface area (Å²) in [4.78, 5) is 15.2. The molecule has 9 heteroatoms. The minimum Gasteiger partial charge on any atom is -0.444 e. The molecule has 0 aromatic carbocycles. The first-order chi connectivity index (χ1) is 8.87. The normalized spacial score (nSPS) is 10.7. The fourth-order valence-corrected chi connectivity index (χ4v) is 1.27. The Bertz CT molecular complexity index is 414. The smallest absolute Gasteiger partial charge is 0.407 e. The average Bonchev–Trinajstić information content (AvgIpc) is 2.74. The Balaban J connectivity index is 2.10. The van der Waals surface area contributed by atoms with Gasteiger partial charge in [0.15, 0.2) is 5.11 Å². The molecule has 1 amide bonds. The van der Waals surface area contributed by atoms with Crippen LogP contribution in [-0.2, 0) is 4.74 Å². The van der Waals surface area contributed by atoms with Crippen LogP contribution in [0, 0.1) is 0 Å². The highest BCUT2D eigenvalue weighted by atomic mass is 32.1. The zero-order valence-electron chi connectivity index (χ0n) is 11.1. The number of rotatable bonds is 4. The third-order valence-corrected chi connectivity index (χ3v) is 1.97. The van der Waals surface area contributed by atoms with Crippen molar-refractivity contribution in [3.05, 3.63) is 6.33 Å². The highest BCUT2D eigenvalue weighted by Gasteiger charge is 2.15. The number of hydrogen-bond donors (Lipinski definition) is 4. The molecule has 0 saturated heterocycles. The van der Waals surface area contributed by atoms with Crippen LogP contribution < -0.4 is 16.0 Å². The zero-order valence-corrected chi connectivity index (χ0v) is 11.9. The molecule has 0 atom stereocenters. The molecule has 0 radical (unpaired) electrons. The van der Waals surface area contributed by atoms with E-state index in [2.05, 4.69) is 31.1 Å². The lowest BCUT2D eigenvalue weighted by molar-refractivity contribution is 0.0529. The van der Waals surface area contributed by atoms with Gasteiger partial charge in [0.05, 0.1) is 0 Å². The van der Waals surface area contributed by atoms with Gasteiger partial charge < -0.3 is 20.7 Å². The molecule has 4 N–H and O–H groups in total. The maximum Gasteiger partial charge on any atom is 0.407 e. The van der Waals surface area contributed by atoms with Gasteiger partial charge in [0.25, 0.3) is 0 Å². The Morgan fingerprint density at radius 2 is 2.11 bits per heavy atom. The molecule has 19 heavy (non-hydrogen) atoms. The van der Waals surface area contributed by atoms with Crippen molar-refractivity contribution in [1.82, 2.24) is 25.8 Å². The van der Waals surface area contributed by atoms with Crippen LogP contribution in [0.2, 0.25) is 0 Å². The molecule has 1 rings (SSSR count). The molecular weight excluding hydrogens is 268 g/mol. The molecule has 106 valence electrons. The standard InChI is InChI=1S/C10H18N6O2S/c1-10(2,3)18-9(17)12-5-4-11-8(19)15-7-13-6-14-16-7/h6H,4-5H2,1-3H3,(H,12,17)(H3,11,13,14,15,16,19). The molecule has 1 aromatic rings. The molecule has 0 aliphatic heterocycles. The first-order valence-corrected chi connectivity index (χ1v) is 6.15. The molecular formula is C10H18N6O2S. The predicted octanol–water partition coefficient (Wildman–Crippen LogP) is 0.616. The number of H-pyrrole nitrogens is 1. The second-order valence-electron chi connectivity index (χ2n) is 4.64. The summed E-state index contributed by atoms with van der Waals surface area (Å²) in [5, 5.41) is 15.0. The lowest BCUT2D eigenvalue weighted by atomic mass is 10.2. The van der Waals surface area contributed by atoms with E-state index in [1.807, 2.05) is 0 Å². The molecule has 1 aromatic heterocycles. The van der Waals surface area contributed by atoms with Crippen LogP contribution in [0.15, 0.2) is 6.33 Å². The average molecular weight is 286 g/mol. The SMILES string of the molecule is CC(C)(C)OC(=O)NCCNC(=S)Nc1ncn[nH]1. The van der Waals surface area contributed by atoms with Gasteiger partial charge in [0.1, 0.15) is 11.9 Å². The first kappa shape index (κ1) is 15.2. The fraction of sp³-hybridized carbons (Fsp3) is 0.600. The van der Waals surface area contributed by atoms with Crippen LogP contribution in [0.1, 0.15) is 20.8 Å². The zero-order chi connectivity index (χ0) is 14.3. The maximum atomic E-state index is 11.3. The molecule has 1 heterocycles. The predicted molar refractivity (Wildman–Crippen MR) is 74.8 cm³/mol. The molecule has 0 saturated carbocycles. The van der Waals surface area contributed by atoms with Crippen LogP contribution in [-0.4, -0.2) is 45.1 Å². The van der Waals surface area contributed by atoms with Crippen molar-refractivity contribution in [2.24, 2.45) is 0 Å². The van der Waals surface area contributed by atoms with Gasteiger partial charge in [-0.15, -0.1) is 0 Å². The summed E-state index contributed by atoms with van der Waals surface area (Å²) < 4.78 is 5.08. The van der Waals surface area contributed by atoms with Crippen molar-refractivity contribution in [2.45, 2.75) is 26.4 Å². The summed E-state index contributed by atoms with van der Waals surface area (Å²) in [7, 11) is 0.